The number of carbonyl (C=O) groups excluding carboxylic acids is 1. The van der Waals surface area contributed by atoms with Gasteiger partial charge in [0.25, 0.3) is 5.91 Å². The Hall–Kier alpha value is -3.59. The third-order valence-electron chi connectivity index (χ3n) is 5.68. The van der Waals surface area contributed by atoms with Crippen molar-refractivity contribution in [2.75, 3.05) is 13.7 Å². The smallest absolute Gasteiger partial charge is 0.275 e. The number of aryl methyl sites for hydroxylation is 1. The highest BCUT2D eigenvalue weighted by atomic mass is 19.1. The molecule has 164 valence electrons. The Balaban J connectivity index is 1.40. The zero-order chi connectivity index (χ0) is 22.4. The maximum Gasteiger partial charge on any atom is 0.275 e. The molecule has 0 radical (unpaired) electrons. The number of hydrogen-bond acceptors (Lipinski definition) is 4. The van der Waals surface area contributed by atoms with Gasteiger partial charge in [-0.2, -0.15) is 10.2 Å². The summed E-state index contributed by atoms with van der Waals surface area (Å²) in [5.41, 5.74) is 2.79. The quantitative estimate of drug-likeness (QED) is 0.463. The van der Waals surface area contributed by atoms with E-state index >= 15 is 8.78 Å². The highest BCUT2D eigenvalue weighted by Crippen LogP contribution is 2.32. The minimum absolute atomic E-state index is 0.141. The number of amides is 1. The largest absolute Gasteiger partial charge is 0.383 e. The van der Waals surface area contributed by atoms with Crippen LogP contribution in [0.2, 0.25) is 0 Å². The summed E-state index contributed by atoms with van der Waals surface area (Å²) in [7, 11) is 3.39. The van der Waals surface area contributed by atoms with Crippen LogP contribution in [0.1, 0.15) is 21.6 Å². The van der Waals surface area contributed by atoms with Gasteiger partial charge in [0.1, 0.15) is 11.6 Å². The number of carbonyl (C=O) groups is 1. The number of hydrogen-bond donors (Lipinski definition) is 0. The van der Waals surface area contributed by atoms with Gasteiger partial charge in [0.15, 0.2) is 5.69 Å². The Kier molecular flexibility index (Phi) is 4.97. The second-order valence-corrected chi connectivity index (χ2v) is 7.88. The fourth-order valence-electron chi connectivity index (χ4n) is 4.13. The van der Waals surface area contributed by atoms with Crippen LogP contribution in [-0.4, -0.2) is 44.1 Å². The molecule has 1 aliphatic heterocycles. The zero-order valence-corrected chi connectivity index (χ0v) is 17.7. The van der Waals surface area contributed by atoms with Crippen LogP contribution in [0, 0.1) is 11.6 Å². The summed E-state index contributed by atoms with van der Waals surface area (Å²) in [6.07, 6.45) is 3.59. The highest BCUT2D eigenvalue weighted by Gasteiger charge is 2.32. The van der Waals surface area contributed by atoms with E-state index in [2.05, 4.69) is 10.2 Å². The molecule has 0 N–H and O–H groups in total. The number of methoxy groups -OCH3 is 1. The van der Waals surface area contributed by atoms with Gasteiger partial charge in [-0.3, -0.25) is 14.2 Å². The van der Waals surface area contributed by atoms with Crippen molar-refractivity contribution < 1.29 is 18.3 Å². The molecule has 0 atom stereocenters. The van der Waals surface area contributed by atoms with E-state index in [1.807, 2.05) is 18.3 Å². The first-order chi connectivity index (χ1) is 15.4. The molecule has 1 amide bonds. The topological polar surface area (TPSA) is 65.2 Å². The number of benzene rings is 2. The third kappa shape index (κ3) is 3.44. The molecule has 5 rings (SSSR count). The van der Waals surface area contributed by atoms with Gasteiger partial charge in [0.2, 0.25) is 0 Å². The molecular formula is C23H21F2N5O2. The van der Waals surface area contributed by atoms with E-state index in [1.165, 1.54) is 17.0 Å². The molecule has 0 aliphatic carbocycles. The maximum atomic E-state index is 15.0. The number of rotatable bonds is 6. The van der Waals surface area contributed by atoms with Crippen LogP contribution >= 0.6 is 0 Å². The summed E-state index contributed by atoms with van der Waals surface area (Å²) in [5, 5.41) is 9.44. The average molecular weight is 437 g/mol. The molecule has 9 heteroatoms. The zero-order valence-electron chi connectivity index (χ0n) is 17.7. The molecule has 0 unspecified atom stereocenters. The van der Waals surface area contributed by atoms with Gasteiger partial charge >= 0.3 is 0 Å². The van der Waals surface area contributed by atoms with Crippen molar-refractivity contribution >= 4 is 16.8 Å². The van der Waals surface area contributed by atoms with Crippen LogP contribution in [0.15, 0.2) is 42.7 Å². The molecule has 0 bridgehead atoms. The van der Waals surface area contributed by atoms with Gasteiger partial charge < -0.3 is 9.64 Å². The van der Waals surface area contributed by atoms with E-state index in [9.17, 15) is 4.79 Å². The Bertz CT molecular complexity index is 1320. The summed E-state index contributed by atoms with van der Waals surface area (Å²) in [6, 6.07) is 8.09. The fourth-order valence-corrected chi connectivity index (χ4v) is 4.13. The highest BCUT2D eigenvalue weighted by molar-refractivity contribution is 5.96. The minimum Gasteiger partial charge on any atom is -0.383 e. The van der Waals surface area contributed by atoms with Gasteiger partial charge in [-0.25, -0.2) is 8.78 Å². The second kappa shape index (κ2) is 7.83. The van der Waals surface area contributed by atoms with Crippen LogP contribution in [0.25, 0.3) is 22.0 Å². The first-order valence-corrected chi connectivity index (χ1v) is 10.2. The van der Waals surface area contributed by atoms with Crippen LogP contribution in [0.3, 0.4) is 0 Å². The monoisotopic (exact) mass is 437 g/mol. The van der Waals surface area contributed by atoms with Gasteiger partial charge in [-0.1, -0.05) is 12.1 Å². The normalized spacial score (nSPS) is 13.4. The Morgan fingerprint density at radius 2 is 1.91 bits per heavy atom. The summed E-state index contributed by atoms with van der Waals surface area (Å²) >= 11 is 0. The summed E-state index contributed by atoms with van der Waals surface area (Å²) < 4.78 is 38.4. The van der Waals surface area contributed by atoms with Crippen LogP contribution in [0.4, 0.5) is 8.78 Å². The first-order valence-electron chi connectivity index (χ1n) is 10.2. The van der Waals surface area contributed by atoms with Crippen molar-refractivity contribution in [2.24, 2.45) is 7.05 Å². The minimum atomic E-state index is -0.691. The molecule has 0 fully saturated rings. The van der Waals surface area contributed by atoms with Crippen molar-refractivity contribution in [3.05, 3.63) is 71.2 Å². The lowest BCUT2D eigenvalue weighted by Gasteiger charge is -2.18. The molecule has 0 saturated heterocycles. The summed E-state index contributed by atoms with van der Waals surface area (Å²) in [5.74, 6) is -1.72. The maximum absolute atomic E-state index is 15.0. The van der Waals surface area contributed by atoms with Crippen LogP contribution < -0.4 is 0 Å². The Labute approximate surface area is 182 Å². The predicted octanol–water partition coefficient (Wildman–Crippen LogP) is 3.52. The van der Waals surface area contributed by atoms with Gasteiger partial charge in [-0.05, 0) is 29.3 Å². The molecule has 7 nitrogen and oxygen atoms in total. The van der Waals surface area contributed by atoms with E-state index in [1.54, 1.807) is 35.8 Å². The Morgan fingerprint density at radius 1 is 1.12 bits per heavy atom. The second-order valence-electron chi connectivity index (χ2n) is 7.88. The van der Waals surface area contributed by atoms with Gasteiger partial charge in [0, 0.05) is 43.1 Å². The van der Waals surface area contributed by atoms with Gasteiger partial charge in [0.05, 0.1) is 31.8 Å². The number of halogens is 2. The Morgan fingerprint density at radius 3 is 2.62 bits per heavy atom. The summed E-state index contributed by atoms with van der Waals surface area (Å²) in [4.78, 5) is 14.1. The predicted molar refractivity (Wildman–Crippen MR) is 114 cm³/mol. The molecule has 3 heterocycles. The molecule has 2 aromatic heterocycles. The molecule has 2 aromatic carbocycles. The standard InChI is InChI=1S/C23H21F2N5O2/c1-28-12-17-16(4-3-5-21(17)26-28)14-8-19(24)18(20(25)9-14)13-29-10-15-11-30(6-7-32-2)27-22(15)23(29)31/h3-5,8-9,11-12H,6-7,10,13H2,1-2H3. The molecule has 4 aromatic rings. The van der Waals surface area contributed by atoms with E-state index in [4.69, 9.17) is 4.74 Å². The number of nitrogens with zero attached hydrogens (tertiary/aromatic N) is 5. The van der Waals surface area contributed by atoms with E-state index in [-0.39, 0.29) is 24.6 Å². The first kappa shape index (κ1) is 20.3. The van der Waals surface area contributed by atoms with Gasteiger partial charge in [-0.15, -0.1) is 0 Å². The molecule has 0 saturated carbocycles. The lowest BCUT2D eigenvalue weighted by Crippen LogP contribution is -2.25. The number of ether oxygens (including phenoxy) is 1. The average Bonchev–Trinajstić information content (AvgIpc) is 3.42. The van der Waals surface area contributed by atoms with Crippen molar-refractivity contribution in [2.45, 2.75) is 19.6 Å². The number of aromatic nitrogens is 4. The fraction of sp³-hybridized carbons (Fsp3) is 0.261. The van der Waals surface area contributed by atoms with Crippen LogP contribution in [0.5, 0.6) is 0 Å². The van der Waals surface area contributed by atoms with Crippen LogP contribution in [-0.2, 0) is 31.4 Å². The molecule has 1 aliphatic rings. The third-order valence-corrected chi connectivity index (χ3v) is 5.68. The van der Waals surface area contributed by atoms with Crippen molar-refractivity contribution in [1.29, 1.82) is 0 Å². The van der Waals surface area contributed by atoms with Crippen molar-refractivity contribution in [1.82, 2.24) is 24.5 Å². The van der Waals surface area contributed by atoms with Crippen molar-refractivity contribution in [3.63, 3.8) is 0 Å². The SMILES string of the molecule is COCCn1cc2c(n1)C(=O)N(Cc1c(F)cc(-c3cccc4nn(C)cc34)cc1F)C2. The van der Waals surface area contributed by atoms with E-state index < -0.39 is 11.6 Å². The van der Waals surface area contributed by atoms with Crippen molar-refractivity contribution in [3.8, 4) is 11.1 Å². The molecule has 0 spiro atoms. The lowest BCUT2D eigenvalue weighted by molar-refractivity contribution is 0.0755. The van der Waals surface area contributed by atoms with E-state index in [0.29, 0.717) is 30.0 Å². The molecule has 32 heavy (non-hydrogen) atoms. The number of fused-ring (bicyclic) bond motifs is 2. The lowest BCUT2D eigenvalue weighted by atomic mass is 9.99. The molecular weight excluding hydrogens is 416 g/mol. The van der Waals surface area contributed by atoms with E-state index in [0.717, 1.165) is 16.5 Å². The summed E-state index contributed by atoms with van der Waals surface area (Å²) in [6.45, 7) is 1.11.